The van der Waals surface area contributed by atoms with Crippen LogP contribution in [-0.4, -0.2) is 30.0 Å². The van der Waals surface area contributed by atoms with E-state index in [1.165, 1.54) is 68.5 Å². The number of carbonyl (C=O) groups excluding carboxylic acids is 2. The largest absolute Gasteiger partial charge is 0.416 e. The van der Waals surface area contributed by atoms with Crippen molar-refractivity contribution in [3.05, 3.63) is 64.2 Å². The molecule has 2 aromatic carbocycles. The molecule has 0 saturated heterocycles. The van der Waals surface area contributed by atoms with Gasteiger partial charge in [-0.15, -0.1) is 0 Å². The number of unbranched alkanes of at least 4 members (excludes halogenated alkanes) is 8. The van der Waals surface area contributed by atoms with Crippen molar-refractivity contribution in [2.24, 2.45) is 0 Å². The zero-order valence-electron chi connectivity index (χ0n) is 22.3. The summed E-state index contributed by atoms with van der Waals surface area (Å²) in [7, 11) is 0. The summed E-state index contributed by atoms with van der Waals surface area (Å²) in [6.45, 7) is 2.15. The van der Waals surface area contributed by atoms with Crippen LogP contribution in [-0.2, 0) is 11.0 Å². The van der Waals surface area contributed by atoms with E-state index in [0.29, 0.717) is 6.42 Å². The second-order valence-electron chi connectivity index (χ2n) is 9.36. The minimum absolute atomic E-state index is 0.00239. The number of nitro benzene ring substituents is 1. The molecule has 0 spiro atoms. The molecule has 0 aliphatic heterocycles. The number of urea groups is 1. The number of nitrogens with zero attached hydrogens (tertiary/aromatic N) is 2. The maximum Gasteiger partial charge on any atom is 0.416 e. The average molecular weight is 551 g/mol. The molecule has 2 rings (SSSR count). The first-order chi connectivity index (χ1) is 18.6. The number of benzene rings is 2. The Bertz CT molecular complexity index is 1060. The van der Waals surface area contributed by atoms with Gasteiger partial charge >= 0.3 is 12.2 Å². The van der Waals surface area contributed by atoms with Crippen molar-refractivity contribution < 1.29 is 27.7 Å². The first-order valence-corrected chi connectivity index (χ1v) is 13.4. The van der Waals surface area contributed by atoms with E-state index < -0.39 is 22.7 Å². The predicted molar refractivity (Wildman–Crippen MR) is 146 cm³/mol. The van der Waals surface area contributed by atoms with Gasteiger partial charge in [0.2, 0.25) is 5.91 Å². The van der Waals surface area contributed by atoms with E-state index in [9.17, 15) is 32.9 Å². The highest BCUT2D eigenvalue weighted by Crippen LogP contribution is 2.32. The smallest absolute Gasteiger partial charge is 0.354 e. The number of amides is 3. The van der Waals surface area contributed by atoms with Crippen molar-refractivity contribution in [1.82, 2.24) is 5.32 Å². The van der Waals surface area contributed by atoms with E-state index in [2.05, 4.69) is 17.6 Å². The summed E-state index contributed by atoms with van der Waals surface area (Å²) in [6.07, 6.45) is 5.88. The third-order valence-corrected chi connectivity index (χ3v) is 6.22. The lowest BCUT2D eigenvalue weighted by Gasteiger charge is -2.24. The van der Waals surface area contributed by atoms with Crippen molar-refractivity contribution >= 4 is 29.0 Å². The first-order valence-electron chi connectivity index (χ1n) is 13.4. The zero-order chi connectivity index (χ0) is 28.7. The monoisotopic (exact) mass is 550 g/mol. The summed E-state index contributed by atoms with van der Waals surface area (Å²) in [4.78, 5) is 36.6. The second kappa shape index (κ2) is 16.4. The Morgan fingerprint density at radius 1 is 0.923 bits per heavy atom. The molecule has 0 fully saturated rings. The van der Waals surface area contributed by atoms with Gasteiger partial charge in [-0.05, 0) is 36.8 Å². The van der Waals surface area contributed by atoms with Crippen LogP contribution in [0.4, 0.5) is 35.0 Å². The fraction of sp³-hybridized carbons (Fsp3) is 0.500. The second-order valence-corrected chi connectivity index (χ2v) is 9.36. The summed E-state index contributed by atoms with van der Waals surface area (Å²) in [6, 6.07) is 8.66. The van der Waals surface area contributed by atoms with Gasteiger partial charge in [0, 0.05) is 43.0 Å². The Kier molecular flexibility index (Phi) is 13.2. The van der Waals surface area contributed by atoms with Crippen LogP contribution in [0.15, 0.2) is 48.5 Å². The van der Waals surface area contributed by atoms with Crippen LogP contribution in [0.1, 0.15) is 76.7 Å². The number of hydrogen-bond donors (Lipinski definition) is 2. The number of hydrogen-bond acceptors (Lipinski definition) is 4. The number of nitro groups is 1. The highest BCUT2D eigenvalue weighted by molar-refractivity contribution is 6.01. The van der Waals surface area contributed by atoms with Crippen LogP contribution in [0.5, 0.6) is 0 Å². The van der Waals surface area contributed by atoms with Gasteiger partial charge < -0.3 is 10.6 Å². The first kappa shape index (κ1) is 31.6. The summed E-state index contributed by atoms with van der Waals surface area (Å²) in [5, 5.41) is 16.1. The van der Waals surface area contributed by atoms with E-state index in [1.54, 1.807) is 0 Å². The average Bonchev–Trinajstić information content (AvgIpc) is 2.90. The normalized spacial score (nSPS) is 11.2. The van der Waals surface area contributed by atoms with Gasteiger partial charge in [0.15, 0.2) is 0 Å². The van der Waals surface area contributed by atoms with Gasteiger partial charge in [-0.3, -0.25) is 19.8 Å². The highest BCUT2D eigenvalue weighted by atomic mass is 19.4. The van der Waals surface area contributed by atoms with Crippen molar-refractivity contribution in [2.45, 2.75) is 77.3 Å². The van der Waals surface area contributed by atoms with E-state index in [0.717, 1.165) is 42.7 Å². The fourth-order valence-corrected chi connectivity index (χ4v) is 4.05. The summed E-state index contributed by atoms with van der Waals surface area (Å²) in [5.74, 6) is -0.183. The quantitative estimate of drug-likeness (QED) is 0.127. The zero-order valence-corrected chi connectivity index (χ0v) is 22.3. The van der Waals surface area contributed by atoms with Gasteiger partial charge in [0.1, 0.15) is 0 Å². The summed E-state index contributed by atoms with van der Waals surface area (Å²) >= 11 is 0. The number of halogens is 3. The Morgan fingerprint density at radius 2 is 1.54 bits per heavy atom. The number of nitrogens with one attached hydrogen (secondary N) is 2. The minimum atomic E-state index is -4.60. The molecule has 11 heteroatoms. The maximum absolute atomic E-state index is 13.3. The molecule has 3 amide bonds. The molecule has 0 radical (unpaired) electrons. The van der Waals surface area contributed by atoms with E-state index in [1.807, 2.05) is 0 Å². The topological polar surface area (TPSA) is 105 Å². The number of alkyl halides is 3. The molecule has 0 bridgehead atoms. The van der Waals surface area contributed by atoms with Gasteiger partial charge in [-0.25, -0.2) is 4.79 Å². The van der Waals surface area contributed by atoms with Crippen molar-refractivity contribution in [3.8, 4) is 0 Å². The Labute approximate surface area is 227 Å². The molecule has 0 saturated carbocycles. The molecule has 214 valence electrons. The van der Waals surface area contributed by atoms with E-state index in [4.69, 9.17) is 0 Å². The molecule has 0 aliphatic carbocycles. The standard InChI is InChI=1S/C28H37F3N4O4/c1-2-3-4-5-6-7-8-9-10-14-26(36)32-19-20-34(25-13-11-12-22(21-25)28(29,30)31)27(37)33-23-15-17-24(18-16-23)35(38)39/h11-13,15-18,21H,2-10,14,19-20H2,1H3,(H,32,36)(H,33,37). The number of carbonyl (C=O) groups is 2. The molecule has 8 nitrogen and oxygen atoms in total. The molecule has 39 heavy (non-hydrogen) atoms. The van der Waals surface area contributed by atoms with E-state index >= 15 is 0 Å². The van der Waals surface area contributed by atoms with Crippen molar-refractivity contribution in [3.63, 3.8) is 0 Å². The minimum Gasteiger partial charge on any atom is -0.354 e. The molecule has 2 aromatic rings. The van der Waals surface area contributed by atoms with Crippen molar-refractivity contribution in [2.75, 3.05) is 23.3 Å². The van der Waals surface area contributed by atoms with Gasteiger partial charge in [0.25, 0.3) is 5.69 Å². The molecule has 0 heterocycles. The molecule has 0 aliphatic rings. The van der Waals surface area contributed by atoms with Crippen LogP contribution in [0, 0.1) is 10.1 Å². The lowest BCUT2D eigenvalue weighted by Crippen LogP contribution is -2.41. The maximum atomic E-state index is 13.3. The molecule has 0 atom stereocenters. The van der Waals surface area contributed by atoms with Crippen LogP contribution in [0.2, 0.25) is 0 Å². The number of rotatable bonds is 16. The predicted octanol–water partition coefficient (Wildman–Crippen LogP) is 7.69. The van der Waals surface area contributed by atoms with Crippen LogP contribution in [0.3, 0.4) is 0 Å². The third-order valence-electron chi connectivity index (χ3n) is 6.22. The third kappa shape index (κ3) is 11.7. The molecule has 0 unspecified atom stereocenters. The number of non-ortho nitro benzene ring substituents is 1. The fourth-order valence-electron chi connectivity index (χ4n) is 4.05. The lowest BCUT2D eigenvalue weighted by atomic mass is 10.1. The Hall–Kier alpha value is -3.63. The molecule has 2 N–H and O–H groups in total. The number of anilines is 2. The molecule has 0 aromatic heterocycles. The van der Waals surface area contributed by atoms with Gasteiger partial charge in [-0.1, -0.05) is 64.4 Å². The molecular weight excluding hydrogens is 513 g/mol. The van der Waals surface area contributed by atoms with E-state index in [-0.39, 0.29) is 36.1 Å². The molecular formula is C28H37F3N4O4. The van der Waals surface area contributed by atoms with Crippen LogP contribution >= 0.6 is 0 Å². The summed E-state index contributed by atoms with van der Waals surface area (Å²) < 4.78 is 39.8. The highest BCUT2D eigenvalue weighted by Gasteiger charge is 2.31. The SMILES string of the molecule is CCCCCCCCCCCC(=O)NCCN(C(=O)Nc1ccc([N+](=O)[O-])cc1)c1cccc(C(F)(F)F)c1. The Balaban J connectivity index is 1.92. The van der Waals surface area contributed by atoms with Crippen molar-refractivity contribution in [1.29, 1.82) is 0 Å². The van der Waals surface area contributed by atoms with Crippen LogP contribution in [0.25, 0.3) is 0 Å². The van der Waals surface area contributed by atoms with Gasteiger partial charge in [0.05, 0.1) is 10.5 Å². The lowest BCUT2D eigenvalue weighted by molar-refractivity contribution is -0.384. The Morgan fingerprint density at radius 3 is 2.13 bits per heavy atom. The van der Waals surface area contributed by atoms with Gasteiger partial charge in [-0.2, -0.15) is 13.2 Å². The summed E-state index contributed by atoms with van der Waals surface area (Å²) in [5.41, 5.74) is -0.852. The van der Waals surface area contributed by atoms with Crippen LogP contribution < -0.4 is 15.5 Å².